The molecule has 2 N–H and O–H groups in total. The second-order valence-corrected chi connectivity index (χ2v) is 8.98. The molecule has 0 spiro atoms. The minimum Gasteiger partial charge on any atom is -0.489 e. The third kappa shape index (κ3) is 5.02. The molecule has 1 atom stereocenters. The number of hydrogen-bond donors (Lipinski definition) is 2. The first-order valence-corrected chi connectivity index (χ1v) is 12.2. The van der Waals surface area contributed by atoms with Crippen molar-refractivity contribution in [3.8, 4) is 5.75 Å². The Bertz CT molecular complexity index is 1250. The zero-order chi connectivity index (χ0) is 24.1. The molecule has 176 valence electrons. The van der Waals surface area contributed by atoms with E-state index in [1.54, 1.807) is 13.8 Å². The highest BCUT2D eigenvalue weighted by Gasteiger charge is 2.36. The number of ether oxygens (including phenoxy) is 2. The largest absolute Gasteiger partial charge is 0.489 e. The zero-order valence-electron chi connectivity index (χ0n) is 19.4. The van der Waals surface area contributed by atoms with E-state index in [0.29, 0.717) is 40.2 Å². The number of rotatable bonds is 8. The number of esters is 1. The second-order valence-electron chi connectivity index (χ2n) is 7.73. The monoisotopic (exact) mass is 477 g/mol. The Balaban J connectivity index is 1.71. The van der Waals surface area contributed by atoms with Crippen molar-refractivity contribution in [2.24, 2.45) is 0 Å². The number of hydrogen-bond acceptors (Lipinski definition) is 7. The van der Waals surface area contributed by atoms with Gasteiger partial charge >= 0.3 is 5.97 Å². The quantitative estimate of drug-likeness (QED) is 0.272. The predicted molar refractivity (Wildman–Crippen MR) is 133 cm³/mol. The van der Waals surface area contributed by atoms with Crippen molar-refractivity contribution in [1.82, 2.24) is 9.97 Å². The Kier molecular flexibility index (Phi) is 7.37. The van der Waals surface area contributed by atoms with Gasteiger partial charge in [0, 0.05) is 5.70 Å². The van der Waals surface area contributed by atoms with Crippen LogP contribution in [-0.2, 0) is 16.1 Å². The van der Waals surface area contributed by atoms with Crippen molar-refractivity contribution >= 4 is 23.5 Å². The summed E-state index contributed by atoms with van der Waals surface area (Å²) in [6.07, 6.45) is 0. The Morgan fingerprint density at radius 2 is 1.82 bits per heavy atom. The molecular weight excluding hydrogens is 450 g/mol. The summed E-state index contributed by atoms with van der Waals surface area (Å²) < 4.78 is 11.2. The third-order valence-electron chi connectivity index (χ3n) is 5.46. The number of carbonyl (C=O) groups excluding carboxylic acids is 1. The molecule has 3 aromatic rings. The van der Waals surface area contributed by atoms with Crippen molar-refractivity contribution in [1.29, 1.82) is 0 Å². The van der Waals surface area contributed by atoms with Gasteiger partial charge in [-0.2, -0.15) is 0 Å². The van der Waals surface area contributed by atoms with Gasteiger partial charge in [0.25, 0.3) is 5.56 Å². The van der Waals surface area contributed by atoms with Crippen molar-refractivity contribution in [3.05, 3.63) is 92.9 Å². The molecule has 0 amide bonds. The van der Waals surface area contributed by atoms with Gasteiger partial charge in [-0.25, -0.2) is 9.78 Å². The summed E-state index contributed by atoms with van der Waals surface area (Å²) in [4.78, 5) is 33.5. The molecule has 34 heavy (non-hydrogen) atoms. The van der Waals surface area contributed by atoms with Gasteiger partial charge in [0.2, 0.25) is 0 Å². The van der Waals surface area contributed by atoms with Crippen LogP contribution in [0, 0.1) is 0 Å². The molecule has 0 radical (unpaired) electrons. The summed E-state index contributed by atoms with van der Waals surface area (Å²) in [6, 6.07) is 17.4. The number of thioether (sulfide) groups is 1. The Hall–Kier alpha value is -3.52. The van der Waals surface area contributed by atoms with Crippen molar-refractivity contribution in [3.63, 3.8) is 0 Å². The number of H-pyrrole nitrogens is 1. The van der Waals surface area contributed by atoms with Gasteiger partial charge in [-0.05, 0) is 42.9 Å². The fraction of sp³-hybridized carbons (Fsp3) is 0.269. The third-order valence-corrected chi connectivity index (χ3v) is 6.21. The van der Waals surface area contributed by atoms with E-state index in [-0.39, 0.29) is 12.2 Å². The smallest absolute Gasteiger partial charge is 0.336 e. The highest BCUT2D eigenvalue weighted by Crippen LogP contribution is 2.40. The highest BCUT2D eigenvalue weighted by atomic mass is 32.2. The lowest BCUT2D eigenvalue weighted by molar-refractivity contribution is -0.138. The number of nitrogens with one attached hydrogen (secondary N) is 2. The SMILES string of the molecule is CCOC(=O)C1=C(C)Nc2nc(SCC)[nH]c(=O)c2C1c1ccc(OCc2ccccc2)cc1. The molecule has 2 aromatic carbocycles. The molecule has 1 aromatic heterocycles. The van der Waals surface area contributed by atoms with E-state index < -0.39 is 11.9 Å². The topological polar surface area (TPSA) is 93.3 Å². The molecule has 4 rings (SSSR count). The minimum absolute atomic E-state index is 0.238. The van der Waals surface area contributed by atoms with Crippen molar-refractivity contribution in [2.45, 2.75) is 38.5 Å². The van der Waals surface area contributed by atoms with Crippen LogP contribution in [0.1, 0.15) is 43.4 Å². The number of allylic oxidation sites excluding steroid dienone is 1. The first kappa shape index (κ1) is 23.6. The van der Waals surface area contributed by atoms with Gasteiger partial charge in [0.05, 0.1) is 23.7 Å². The van der Waals surface area contributed by atoms with Crippen LogP contribution >= 0.6 is 11.8 Å². The number of anilines is 1. The lowest BCUT2D eigenvalue weighted by Gasteiger charge is -2.28. The van der Waals surface area contributed by atoms with Crippen LogP contribution in [-0.4, -0.2) is 28.3 Å². The fourth-order valence-electron chi connectivity index (χ4n) is 3.95. The fourth-order valence-corrected chi connectivity index (χ4v) is 4.54. The maximum Gasteiger partial charge on any atom is 0.336 e. The summed E-state index contributed by atoms with van der Waals surface area (Å²) in [6.45, 7) is 6.24. The Labute approximate surface area is 202 Å². The van der Waals surface area contributed by atoms with E-state index in [4.69, 9.17) is 9.47 Å². The van der Waals surface area contributed by atoms with E-state index in [0.717, 1.165) is 16.9 Å². The van der Waals surface area contributed by atoms with Crippen LogP contribution in [0.2, 0.25) is 0 Å². The van der Waals surface area contributed by atoms with Gasteiger partial charge in [-0.15, -0.1) is 0 Å². The van der Waals surface area contributed by atoms with Crippen molar-refractivity contribution in [2.75, 3.05) is 17.7 Å². The Morgan fingerprint density at radius 1 is 1.09 bits per heavy atom. The van der Waals surface area contributed by atoms with Gasteiger partial charge in [0.1, 0.15) is 18.2 Å². The van der Waals surface area contributed by atoms with E-state index in [1.165, 1.54) is 11.8 Å². The first-order valence-electron chi connectivity index (χ1n) is 11.2. The molecule has 7 nitrogen and oxygen atoms in total. The number of fused-ring (bicyclic) bond motifs is 1. The van der Waals surface area contributed by atoms with Crippen LogP contribution in [0.3, 0.4) is 0 Å². The van der Waals surface area contributed by atoms with E-state index >= 15 is 0 Å². The van der Waals surface area contributed by atoms with Crippen molar-refractivity contribution < 1.29 is 14.3 Å². The van der Waals surface area contributed by atoms with Gasteiger partial charge in [-0.1, -0.05) is 61.2 Å². The summed E-state index contributed by atoms with van der Waals surface area (Å²) >= 11 is 1.45. The standard InChI is InChI=1S/C26H27N3O4S/c1-4-32-25(31)20-16(3)27-23-22(24(30)29-26(28-23)34-5-2)21(20)18-11-13-19(14-12-18)33-15-17-9-7-6-8-10-17/h6-14,21H,4-5,15H2,1-3H3,(H2,27,28,29,30). The summed E-state index contributed by atoms with van der Waals surface area (Å²) in [5.74, 6) is 0.856. The van der Waals surface area contributed by atoms with Crippen LogP contribution in [0.25, 0.3) is 0 Å². The maximum atomic E-state index is 13.2. The van der Waals surface area contributed by atoms with Crippen LogP contribution in [0.4, 0.5) is 5.82 Å². The molecule has 1 aliphatic heterocycles. The summed E-state index contributed by atoms with van der Waals surface area (Å²) in [7, 11) is 0. The molecular formula is C26H27N3O4S. The molecule has 0 aliphatic carbocycles. The lowest BCUT2D eigenvalue weighted by atomic mass is 9.82. The highest BCUT2D eigenvalue weighted by molar-refractivity contribution is 7.99. The number of nitrogens with zero attached hydrogens (tertiary/aromatic N) is 1. The molecule has 0 saturated carbocycles. The van der Waals surface area contributed by atoms with Gasteiger partial charge in [0.15, 0.2) is 5.16 Å². The van der Waals surface area contributed by atoms with E-state index in [2.05, 4.69) is 15.3 Å². The number of benzene rings is 2. The van der Waals surface area contributed by atoms with E-state index in [9.17, 15) is 9.59 Å². The van der Waals surface area contributed by atoms with Crippen LogP contribution in [0.5, 0.6) is 5.75 Å². The first-order chi connectivity index (χ1) is 16.5. The molecule has 8 heteroatoms. The second kappa shape index (κ2) is 10.6. The Morgan fingerprint density at radius 3 is 2.50 bits per heavy atom. The van der Waals surface area contributed by atoms with Crippen LogP contribution in [0.15, 0.2) is 75.8 Å². The normalized spacial score (nSPS) is 14.9. The molecule has 1 unspecified atom stereocenters. The number of aromatic amines is 1. The van der Waals surface area contributed by atoms with Crippen LogP contribution < -0.4 is 15.6 Å². The van der Waals surface area contributed by atoms with Gasteiger partial charge in [-0.3, -0.25) is 4.79 Å². The maximum absolute atomic E-state index is 13.2. The summed E-state index contributed by atoms with van der Waals surface area (Å²) in [5.41, 5.74) is 2.98. The predicted octanol–water partition coefficient (Wildman–Crippen LogP) is 4.86. The molecule has 2 heterocycles. The molecule has 0 fully saturated rings. The lowest BCUT2D eigenvalue weighted by Crippen LogP contribution is -2.31. The average molecular weight is 478 g/mol. The molecule has 0 bridgehead atoms. The molecule has 0 saturated heterocycles. The summed E-state index contributed by atoms with van der Waals surface area (Å²) in [5, 5.41) is 3.68. The number of carbonyl (C=O) groups is 1. The average Bonchev–Trinajstić information content (AvgIpc) is 2.83. The zero-order valence-corrected chi connectivity index (χ0v) is 20.2. The molecule has 1 aliphatic rings. The van der Waals surface area contributed by atoms with E-state index in [1.807, 2.05) is 61.5 Å². The minimum atomic E-state index is -0.615. The number of aromatic nitrogens is 2. The van der Waals surface area contributed by atoms with Gasteiger partial charge < -0.3 is 19.8 Å².